The highest BCUT2D eigenvalue weighted by atomic mass is 16.6. The van der Waals surface area contributed by atoms with Gasteiger partial charge in [0.25, 0.3) is 0 Å². The number of ketones is 1. The summed E-state index contributed by atoms with van der Waals surface area (Å²) in [5.74, 6) is -3.67. The van der Waals surface area contributed by atoms with E-state index >= 15 is 0 Å². The number of hydrogen-bond acceptors (Lipinski definition) is 16. The number of rotatable bonds is 38. The van der Waals surface area contributed by atoms with Crippen molar-refractivity contribution in [3.63, 3.8) is 0 Å². The molecule has 0 unspecified atom stereocenters. The van der Waals surface area contributed by atoms with Crippen LogP contribution in [-0.4, -0.2) is 174 Å². The summed E-state index contributed by atoms with van der Waals surface area (Å²) in [4.78, 5) is 43.8. The van der Waals surface area contributed by atoms with Crippen LogP contribution in [0.3, 0.4) is 0 Å². The minimum atomic E-state index is -1.57. The summed E-state index contributed by atoms with van der Waals surface area (Å²) in [6.07, 6.45) is -0.668. The largest absolute Gasteiger partial charge is 0.476 e. The van der Waals surface area contributed by atoms with Crippen LogP contribution >= 0.6 is 0 Å². The third kappa shape index (κ3) is 34.7. The van der Waals surface area contributed by atoms with E-state index in [-0.39, 0.29) is 32.7 Å². The number of carboxylic acid groups (broad SMARTS) is 1. The second kappa shape index (κ2) is 35.7. The number of carbonyl (C=O) groups is 4. The van der Waals surface area contributed by atoms with E-state index in [1.165, 1.54) is 0 Å². The molecular weight excluding hydrogens is 644 g/mol. The van der Waals surface area contributed by atoms with Crippen molar-refractivity contribution in [3.05, 3.63) is 12.2 Å². The SMILES string of the molecule is C=C(C)C(=O)OCCOCCOCCOCCOCCOCCOCCOCCOCCOCCOCCOC(=O)CCC(=O)C(=O)O. The van der Waals surface area contributed by atoms with Crippen LogP contribution in [0.5, 0.6) is 0 Å². The second-order valence-electron chi connectivity index (χ2n) is 9.49. The lowest BCUT2D eigenvalue weighted by molar-refractivity contribution is -0.151. The maximum atomic E-state index is 11.4. The van der Waals surface area contributed by atoms with E-state index in [1.54, 1.807) is 6.92 Å². The summed E-state index contributed by atoms with van der Waals surface area (Å²) in [7, 11) is 0. The quantitative estimate of drug-likeness (QED) is 0.0398. The minimum absolute atomic E-state index is 0.00866. The van der Waals surface area contributed by atoms with Crippen molar-refractivity contribution in [3.8, 4) is 0 Å². The molecule has 17 nitrogen and oxygen atoms in total. The number of carbonyl (C=O) groups excluding carboxylic acids is 3. The standard InChI is InChI=1S/C31H54O17/c1-27(2)31(36)48-26-24-46-22-20-44-18-16-42-14-12-40-10-8-38-6-5-37-7-9-39-11-13-41-15-17-43-19-21-45-23-25-47-29(33)4-3-28(32)30(34)35/h1,3-26H2,2H3,(H,34,35). The minimum Gasteiger partial charge on any atom is -0.476 e. The van der Waals surface area contributed by atoms with E-state index in [0.29, 0.717) is 131 Å². The molecule has 0 radical (unpaired) electrons. The zero-order valence-electron chi connectivity index (χ0n) is 28.2. The summed E-state index contributed by atoms with van der Waals surface area (Å²) in [6, 6.07) is 0. The lowest BCUT2D eigenvalue weighted by Gasteiger charge is -2.09. The Bertz CT molecular complexity index is 823. The van der Waals surface area contributed by atoms with Gasteiger partial charge in [-0.1, -0.05) is 6.58 Å². The fraction of sp³-hybridized carbons (Fsp3) is 0.806. The highest BCUT2D eigenvalue weighted by Crippen LogP contribution is 1.95. The molecule has 0 spiro atoms. The Morgan fingerprint density at radius 2 is 0.667 bits per heavy atom. The molecule has 0 aromatic carbocycles. The Kier molecular flexibility index (Phi) is 33.8. The number of Topliss-reactive ketones (excluding diaryl/α,β-unsaturated/α-hetero) is 1. The van der Waals surface area contributed by atoms with E-state index in [1.807, 2.05) is 0 Å². The molecule has 1 N–H and O–H groups in total. The molecule has 0 aliphatic rings. The molecule has 0 heterocycles. The van der Waals surface area contributed by atoms with E-state index in [4.69, 9.17) is 61.9 Å². The zero-order valence-corrected chi connectivity index (χ0v) is 28.2. The first-order valence-corrected chi connectivity index (χ1v) is 15.9. The summed E-state index contributed by atoms with van der Waals surface area (Å²) in [5.41, 5.74) is 0.359. The smallest absolute Gasteiger partial charge is 0.372 e. The number of esters is 2. The summed E-state index contributed by atoms with van der Waals surface area (Å²) in [5, 5.41) is 8.44. The molecule has 0 rings (SSSR count). The molecule has 0 aromatic heterocycles. The van der Waals surface area contributed by atoms with E-state index < -0.39 is 23.7 Å². The van der Waals surface area contributed by atoms with Crippen LogP contribution in [0.4, 0.5) is 0 Å². The Morgan fingerprint density at radius 1 is 0.417 bits per heavy atom. The third-order valence-corrected chi connectivity index (χ3v) is 5.44. The molecular formula is C31H54O17. The van der Waals surface area contributed by atoms with Gasteiger partial charge in [-0.25, -0.2) is 9.59 Å². The van der Waals surface area contributed by atoms with Gasteiger partial charge in [-0.3, -0.25) is 9.59 Å². The first-order chi connectivity index (χ1) is 23.3. The van der Waals surface area contributed by atoms with Crippen LogP contribution in [0.1, 0.15) is 19.8 Å². The Morgan fingerprint density at radius 3 is 0.917 bits per heavy atom. The predicted octanol–water partition coefficient (Wildman–Crippen LogP) is 0.249. The number of hydrogen-bond donors (Lipinski definition) is 1. The van der Waals surface area contributed by atoms with Gasteiger partial charge in [0.1, 0.15) is 13.2 Å². The molecule has 0 fully saturated rings. The molecule has 17 heteroatoms. The first kappa shape index (κ1) is 45.4. The number of carboxylic acids is 1. The fourth-order valence-corrected chi connectivity index (χ4v) is 3.01. The van der Waals surface area contributed by atoms with Crippen molar-refractivity contribution in [1.29, 1.82) is 0 Å². The van der Waals surface area contributed by atoms with Crippen molar-refractivity contribution in [2.45, 2.75) is 19.8 Å². The molecule has 0 bridgehead atoms. The van der Waals surface area contributed by atoms with Gasteiger partial charge in [0.15, 0.2) is 0 Å². The number of ether oxygens (including phenoxy) is 12. The summed E-state index contributed by atoms with van der Waals surface area (Å²) in [6.45, 7) is 13.5. The third-order valence-electron chi connectivity index (χ3n) is 5.44. The van der Waals surface area contributed by atoms with Crippen molar-refractivity contribution in [2.24, 2.45) is 0 Å². The van der Waals surface area contributed by atoms with Gasteiger partial charge in [0.05, 0.1) is 139 Å². The summed E-state index contributed by atoms with van der Waals surface area (Å²) < 4.78 is 63.6. The van der Waals surface area contributed by atoms with Crippen molar-refractivity contribution < 1.29 is 81.1 Å². The Labute approximate surface area is 282 Å². The molecule has 0 saturated heterocycles. The van der Waals surface area contributed by atoms with Gasteiger partial charge in [0.2, 0.25) is 5.78 Å². The lowest BCUT2D eigenvalue weighted by Crippen LogP contribution is -2.17. The molecule has 280 valence electrons. The molecule has 0 aliphatic carbocycles. The second-order valence-corrected chi connectivity index (χ2v) is 9.49. The van der Waals surface area contributed by atoms with Crippen LogP contribution in [0.2, 0.25) is 0 Å². The first-order valence-electron chi connectivity index (χ1n) is 15.9. The van der Waals surface area contributed by atoms with Gasteiger partial charge >= 0.3 is 17.9 Å². The average Bonchev–Trinajstić information content (AvgIpc) is 3.07. The topological polar surface area (TPSA) is 199 Å². The fourth-order valence-electron chi connectivity index (χ4n) is 3.01. The van der Waals surface area contributed by atoms with Gasteiger partial charge in [-0.2, -0.15) is 0 Å². The van der Waals surface area contributed by atoms with Crippen LogP contribution in [0, 0.1) is 0 Å². The summed E-state index contributed by atoms with van der Waals surface area (Å²) >= 11 is 0. The van der Waals surface area contributed by atoms with E-state index in [9.17, 15) is 19.2 Å². The highest BCUT2D eigenvalue weighted by Gasteiger charge is 2.14. The maximum absolute atomic E-state index is 11.4. The average molecular weight is 699 g/mol. The van der Waals surface area contributed by atoms with Gasteiger partial charge in [-0.15, -0.1) is 0 Å². The van der Waals surface area contributed by atoms with E-state index in [0.717, 1.165) is 0 Å². The molecule has 0 atom stereocenters. The predicted molar refractivity (Wildman–Crippen MR) is 167 cm³/mol. The molecule has 0 amide bonds. The van der Waals surface area contributed by atoms with Crippen molar-refractivity contribution >= 4 is 23.7 Å². The van der Waals surface area contributed by atoms with E-state index in [2.05, 4.69) is 6.58 Å². The van der Waals surface area contributed by atoms with Crippen LogP contribution in [0.15, 0.2) is 12.2 Å². The Hall–Kier alpha value is -2.58. The molecule has 0 saturated carbocycles. The van der Waals surface area contributed by atoms with Crippen molar-refractivity contribution in [1.82, 2.24) is 0 Å². The normalized spacial score (nSPS) is 11.0. The monoisotopic (exact) mass is 698 g/mol. The van der Waals surface area contributed by atoms with Crippen LogP contribution in [0.25, 0.3) is 0 Å². The molecule has 0 aromatic rings. The van der Waals surface area contributed by atoms with Crippen LogP contribution in [-0.2, 0) is 76.0 Å². The lowest BCUT2D eigenvalue weighted by atomic mass is 10.2. The maximum Gasteiger partial charge on any atom is 0.372 e. The molecule has 0 aliphatic heterocycles. The molecule has 48 heavy (non-hydrogen) atoms. The van der Waals surface area contributed by atoms with Gasteiger partial charge < -0.3 is 61.9 Å². The van der Waals surface area contributed by atoms with Crippen LogP contribution < -0.4 is 0 Å². The number of aliphatic carboxylic acids is 1. The van der Waals surface area contributed by atoms with Gasteiger partial charge in [0, 0.05) is 12.0 Å². The Balaban J connectivity index is 3.14. The van der Waals surface area contributed by atoms with Crippen molar-refractivity contribution in [2.75, 3.05) is 145 Å². The zero-order chi connectivity index (χ0) is 35.3. The highest BCUT2D eigenvalue weighted by molar-refractivity contribution is 6.32. The van der Waals surface area contributed by atoms with Gasteiger partial charge in [-0.05, 0) is 6.92 Å².